The van der Waals surface area contributed by atoms with Crippen LogP contribution in [0.5, 0.6) is 0 Å². The third-order valence-corrected chi connectivity index (χ3v) is 7.55. The van der Waals surface area contributed by atoms with Gasteiger partial charge in [0.2, 0.25) is 11.8 Å². The van der Waals surface area contributed by atoms with Crippen LogP contribution in [0.1, 0.15) is 38.8 Å². The number of hydrogen-bond acceptors (Lipinski definition) is 7. The van der Waals surface area contributed by atoms with Gasteiger partial charge in [-0.3, -0.25) is 0 Å². The Kier molecular flexibility index (Phi) is 7.38. The van der Waals surface area contributed by atoms with Crippen LogP contribution in [-0.2, 0) is 16.2 Å². The molecule has 0 atom stereocenters. The first kappa shape index (κ1) is 26.1. The Morgan fingerprint density at radius 2 is 1.97 bits per heavy atom. The van der Waals surface area contributed by atoms with Crippen molar-refractivity contribution in [3.8, 4) is 11.5 Å². The second-order valence-electron chi connectivity index (χ2n) is 11.4. The molecule has 0 saturated heterocycles. The number of aromatic nitrogens is 4. The fraction of sp³-hybridized carbons (Fsp3) is 0.538. The summed E-state index contributed by atoms with van der Waals surface area (Å²) < 4.78 is 19.3. The number of carbonyl (C=O) groups excluding carboxylic acids is 1. The molecular formula is C26H37N5O4Si. The van der Waals surface area contributed by atoms with Gasteiger partial charge in [-0.05, 0) is 44.9 Å². The van der Waals surface area contributed by atoms with Gasteiger partial charge in [-0.2, -0.15) is 5.10 Å². The van der Waals surface area contributed by atoms with Crippen molar-refractivity contribution in [2.75, 3.05) is 19.7 Å². The SMILES string of the molecule is Cc1nnc(-c2cccc3c(C4=CCCN(C(=O)OC(C)(C)C)C4)nn(COCC[Si](C)(C)C)c23)o1. The lowest BCUT2D eigenvalue weighted by Gasteiger charge is -2.30. The molecule has 0 bridgehead atoms. The summed E-state index contributed by atoms with van der Waals surface area (Å²) >= 11 is 0. The van der Waals surface area contributed by atoms with E-state index in [0.29, 0.717) is 38.2 Å². The number of para-hydroxylation sites is 1. The molecule has 0 fully saturated rings. The van der Waals surface area contributed by atoms with Crippen LogP contribution >= 0.6 is 0 Å². The minimum atomic E-state index is -1.21. The van der Waals surface area contributed by atoms with Gasteiger partial charge in [0.15, 0.2) is 0 Å². The third-order valence-electron chi connectivity index (χ3n) is 5.84. The molecule has 0 N–H and O–H groups in total. The molecule has 36 heavy (non-hydrogen) atoms. The maximum absolute atomic E-state index is 12.8. The highest BCUT2D eigenvalue weighted by molar-refractivity contribution is 6.76. The smallest absolute Gasteiger partial charge is 0.410 e. The highest BCUT2D eigenvalue weighted by Crippen LogP contribution is 2.34. The molecule has 10 heteroatoms. The van der Waals surface area contributed by atoms with Gasteiger partial charge in [0, 0.05) is 33.5 Å². The molecule has 3 heterocycles. The van der Waals surface area contributed by atoms with Crippen molar-refractivity contribution in [3.05, 3.63) is 35.9 Å². The molecule has 0 aliphatic carbocycles. The first-order chi connectivity index (χ1) is 16.9. The van der Waals surface area contributed by atoms with Gasteiger partial charge < -0.3 is 18.8 Å². The van der Waals surface area contributed by atoms with Gasteiger partial charge in [-0.1, -0.05) is 37.8 Å². The Morgan fingerprint density at radius 1 is 1.19 bits per heavy atom. The van der Waals surface area contributed by atoms with Crippen molar-refractivity contribution in [2.45, 2.75) is 72.1 Å². The van der Waals surface area contributed by atoms with E-state index in [0.717, 1.165) is 40.2 Å². The number of ether oxygens (including phenoxy) is 2. The third kappa shape index (κ3) is 6.22. The summed E-state index contributed by atoms with van der Waals surface area (Å²) in [5, 5.41) is 14.2. The van der Waals surface area contributed by atoms with E-state index in [1.165, 1.54) is 0 Å². The second kappa shape index (κ2) is 10.2. The van der Waals surface area contributed by atoms with Crippen molar-refractivity contribution in [1.82, 2.24) is 24.9 Å². The molecule has 0 radical (unpaired) electrons. The van der Waals surface area contributed by atoms with Crippen molar-refractivity contribution < 1.29 is 18.7 Å². The highest BCUT2D eigenvalue weighted by Gasteiger charge is 2.27. The topological polar surface area (TPSA) is 95.5 Å². The average Bonchev–Trinajstić information content (AvgIpc) is 3.39. The van der Waals surface area contributed by atoms with E-state index in [4.69, 9.17) is 19.0 Å². The predicted octanol–water partition coefficient (Wildman–Crippen LogP) is 5.73. The summed E-state index contributed by atoms with van der Waals surface area (Å²) in [6, 6.07) is 7.04. The molecule has 9 nitrogen and oxygen atoms in total. The van der Waals surface area contributed by atoms with E-state index in [-0.39, 0.29) is 6.09 Å². The van der Waals surface area contributed by atoms with Crippen LogP contribution in [-0.4, -0.2) is 64.3 Å². The Bertz CT molecular complexity index is 1270. The molecular weight excluding hydrogens is 474 g/mol. The average molecular weight is 512 g/mol. The van der Waals surface area contributed by atoms with Crippen LogP contribution < -0.4 is 0 Å². The van der Waals surface area contributed by atoms with Crippen molar-refractivity contribution in [3.63, 3.8) is 0 Å². The lowest BCUT2D eigenvalue weighted by molar-refractivity contribution is 0.0273. The minimum Gasteiger partial charge on any atom is -0.444 e. The Labute approximate surface area is 213 Å². The molecule has 3 aromatic rings. The highest BCUT2D eigenvalue weighted by atomic mass is 28.3. The van der Waals surface area contributed by atoms with Gasteiger partial charge in [0.1, 0.15) is 12.3 Å². The van der Waals surface area contributed by atoms with E-state index < -0.39 is 13.7 Å². The molecule has 0 unspecified atom stereocenters. The summed E-state index contributed by atoms with van der Waals surface area (Å²) in [6.45, 7) is 16.5. The Balaban J connectivity index is 1.69. The summed E-state index contributed by atoms with van der Waals surface area (Å²) in [4.78, 5) is 14.5. The molecule has 0 saturated carbocycles. The Hall–Kier alpha value is -2.98. The standard InChI is InChI=1S/C26H37N5O4Si/c1-18-27-28-24(34-18)21-12-8-11-20-22(29-31(23(20)21)17-33-14-15-36(5,6)7)19-10-9-13-30(16-19)25(32)35-26(2,3)4/h8,10-12H,9,13-17H2,1-7H3. The lowest BCUT2D eigenvalue weighted by Crippen LogP contribution is -2.39. The van der Waals surface area contributed by atoms with Crippen molar-refractivity contribution in [1.29, 1.82) is 0 Å². The number of hydrogen-bond donors (Lipinski definition) is 0. The van der Waals surface area contributed by atoms with Crippen molar-refractivity contribution in [2.24, 2.45) is 0 Å². The van der Waals surface area contributed by atoms with E-state index >= 15 is 0 Å². The fourth-order valence-corrected chi connectivity index (χ4v) is 4.83. The van der Waals surface area contributed by atoms with Gasteiger partial charge in [-0.25, -0.2) is 9.48 Å². The summed E-state index contributed by atoms with van der Waals surface area (Å²) in [6.07, 6.45) is 2.58. The zero-order valence-corrected chi connectivity index (χ0v) is 23.4. The maximum Gasteiger partial charge on any atom is 0.410 e. The lowest BCUT2D eigenvalue weighted by atomic mass is 10.0. The van der Waals surface area contributed by atoms with Gasteiger partial charge in [-0.15, -0.1) is 10.2 Å². The van der Waals surface area contributed by atoms with Crippen LogP contribution in [0.4, 0.5) is 4.79 Å². The Morgan fingerprint density at radius 3 is 2.64 bits per heavy atom. The molecule has 194 valence electrons. The number of nitrogens with zero attached hydrogens (tertiary/aromatic N) is 5. The number of carbonyl (C=O) groups is 1. The molecule has 2 aromatic heterocycles. The van der Waals surface area contributed by atoms with E-state index in [9.17, 15) is 4.79 Å². The maximum atomic E-state index is 12.8. The second-order valence-corrected chi connectivity index (χ2v) is 17.1. The van der Waals surface area contributed by atoms with E-state index in [1.807, 2.05) is 43.7 Å². The zero-order valence-electron chi connectivity index (χ0n) is 22.4. The molecule has 4 rings (SSSR count). The molecule has 0 spiro atoms. The van der Waals surface area contributed by atoms with Crippen LogP contribution in [0.3, 0.4) is 0 Å². The summed E-state index contributed by atoms with van der Waals surface area (Å²) in [5.41, 5.74) is 2.94. The first-order valence-corrected chi connectivity index (χ1v) is 16.2. The van der Waals surface area contributed by atoms with Crippen LogP contribution in [0.15, 0.2) is 28.7 Å². The molecule has 1 aliphatic rings. The largest absolute Gasteiger partial charge is 0.444 e. The monoisotopic (exact) mass is 511 g/mol. The number of benzene rings is 1. The zero-order chi connectivity index (χ0) is 26.1. The number of amides is 1. The number of aryl methyl sites for hydroxylation is 1. The van der Waals surface area contributed by atoms with Gasteiger partial charge >= 0.3 is 6.09 Å². The first-order valence-electron chi connectivity index (χ1n) is 12.5. The van der Waals surface area contributed by atoms with Crippen LogP contribution in [0, 0.1) is 6.92 Å². The molecule has 1 aliphatic heterocycles. The molecule has 1 aromatic carbocycles. The summed E-state index contributed by atoms with van der Waals surface area (Å²) in [7, 11) is -1.21. The quantitative estimate of drug-likeness (QED) is 0.295. The predicted molar refractivity (Wildman–Crippen MR) is 142 cm³/mol. The van der Waals surface area contributed by atoms with Gasteiger partial charge in [0.05, 0.1) is 23.3 Å². The van der Waals surface area contributed by atoms with Crippen LogP contribution in [0.2, 0.25) is 25.7 Å². The fourth-order valence-electron chi connectivity index (χ4n) is 4.07. The van der Waals surface area contributed by atoms with E-state index in [2.05, 4.69) is 35.9 Å². The van der Waals surface area contributed by atoms with Crippen molar-refractivity contribution >= 4 is 30.6 Å². The number of rotatable bonds is 7. The van der Waals surface area contributed by atoms with Crippen LogP contribution in [0.25, 0.3) is 27.9 Å². The molecule has 1 amide bonds. The minimum absolute atomic E-state index is 0.312. The number of fused-ring (bicyclic) bond motifs is 1. The summed E-state index contributed by atoms with van der Waals surface area (Å²) in [5.74, 6) is 0.948. The van der Waals surface area contributed by atoms with E-state index in [1.54, 1.807) is 11.8 Å². The normalized spacial score (nSPS) is 14.9. The van der Waals surface area contributed by atoms with Gasteiger partial charge in [0.25, 0.3) is 0 Å².